The Morgan fingerprint density at radius 1 is 1.26 bits per heavy atom. The summed E-state index contributed by atoms with van der Waals surface area (Å²) in [6.45, 7) is 3.77. The van der Waals surface area contributed by atoms with E-state index in [4.69, 9.17) is 0 Å². The van der Waals surface area contributed by atoms with Crippen molar-refractivity contribution in [3.63, 3.8) is 0 Å². The van der Waals surface area contributed by atoms with Crippen LogP contribution in [0, 0.1) is 11.8 Å². The molecule has 0 spiro atoms. The molecule has 3 atom stereocenters. The van der Waals surface area contributed by atoms with Gasteiger partial charge in [-0.2, -0.15) is 0 Å². The van der Waals surface area contributed by atoms with Crippen LogP contribution >= 0.6 is 0 Å². The Morgan fingerprint density at radius 3 is 2.26 bits per heavy atom. The van der Waals surface area contributed by atoms with E-state index in [0.29, 0.717) is 0 Å². The smallest absolute Gasteiger partial charge is 0.240 e. The Labute approximate surface area is 113 Å². The van der Waals surface area contributed by atoms with E-state index in [2.05, 4.69) is 5.32 Å². The molecule has 0 aromatic rings. The lowest BCUT2D eigenvalue weighted by molar-refractivity contribution is -0.143. The third kappa shape index (κ3) is 2.80. The van der Waals surface area contributed by atoms with Crippen LogP contribution in [0.2, 0.25) is 0 Å². The van der Waals surface area contributed by atoms with Gasteiger partial charge in [-0.25, -0.2) is 0 Å². The highest BCUT2D eigenvalue weighted by Gasteiger charge is 2.48. The Bertz CT molecular complexity index is 370. The number of carbonyl (C=O) groups excluding carboxylic acids is 3. The van der Waals surface area contributed by atoms with Crippen LogP contribution in [-0.4, -0.2) is 35.2 Å². The van der Waals surface area contributed by atoms with Gasteiger partial charge in [-0.15, -0.1) is 0 Å². The first-order chi connectivity index (χ1) is 9.04. The molecule has 0 aromatic carbocycles. The summed E-state index contributed by atoms with van der Waals surface area (Å²) in [7, 11) is 0. The Hall–Kier alpha value is -1.39. The molecule has 0 aromatic heterocycles. The monoisotopic (exact) mass is 266 g/mol. The van der Waals surface area contributed by atoms with E-state index in [1.165, 1.54) is 4.90 Å². The number of nitrogens with one attached hydrogen (secondary N) is 1. The summed E-state index contributed by atoms with van der Waals surface area (Å²) in [5.74, 6) is -0.868. The molecule has 19 heavy (non-hydrogen) atoms. The lowest BCUT2D eigenvalue weighted by Gasteiger charge is -2.19. The molecule has 1 saturated heterocycles. The van der Waals surface area contributed by atoms with Crippen molar-refractivity contribution in [2.45, 2.75) is 52.0 Å². The lowest BCUT2D eigenvalue weighted by Crippen LogP contribution is -2.43. The second kappa shape index (κ2) is 5.72. The van der Waals surface area contributed by atoms with Crippen molar-refractivity contribution in [3.8, 4) is 0 Å². The zero-order chi connectivity index (χ0) is 14.0. The standard InChI is InChI=1S/C14H22N2O3/c1-3-9(2)15-12(17)8-16-13(18)10-6-4-5-7-11(10)14(16)19/h9-11H,3-8H2,1-2H3,(H,15,17)/t9-,10-,11+/m1/s1. The van der Waals surface area contributed by atoms with Crippen LogP contribution < -0.4 is 5.32 Å². The van der Waals surface area contributed by atoms with Crippen LogP contribution in [0.5, 0.6) is 0 Å². The van der Waals surface area contributed by atoms with Crippen LogP contribution in [0.3, 0.4) is 0 Å². The molecular weight excluding hydrogens is 244 g/mol. The highest BCUT2D eigenvalue weighted by molar-refractivity contribution is 6.07. The van der Waals surface area contributed by atoms with Crippen LogP contribution in [0.25, 0.3) is 0 Å². The minimum Gasteiger partial charge on any atom is -0.352 e. The summed E-state index contributed by atoms with van der Waals surface area (Å²) in [5, 5.41) is 2.79. The molecular formula is C14H22N2O3. The third-order valence-corrected chi connectivity index (χ3v) is 4.25. The van der Waals surface area contributed by atoms with Crippen LogP contribution in [0.1, 0.15) is 46.0 Å². The number of rotatable bonds is 4. The van der Waals surface area contributed by atoms with E-state index in [-0.39, 0.29) is 42.1 Å². The zero-order valence-electron chi connectivity index (χ0n) is 11.6. The van der Waals surface area contributed by atoms with Gasteiger partial charge in [-0.1, -0.05) is 19.8 Å². The number of fused-ring (bicyclic) bond motifs is 1. The first kappa shape index (κ1) is 14.0. The number of amides is 3. The fraction of sp³-hybridized carbons (Fsp3) is 0.786. The molecule has 1 aliphatic carbocycles. The van der Waals surface area contributed by atoms with Crippen molar-refractivity contribution in [1.82, 2.24) is 10.2 Å². The molecule has 0 unspecified atom stereocenters. The average Bonchev–Trinajstić information content (AvgIpc) is 2.64. The summed E-state index contributed by atoms with van der Waals surface area (Å²) >= 11 is 0. The van der Waals surface area contributed by atoms with E-state index in [0.717, 1.165) is 32.1 Å². The molecule has 0 bridgehead atoms. The summed E-state index contributed by atoms with van der Waals surface area (Å²) in [4.78, 5) is 37.3. The number of nitrogens with zero attached hydrogens (tertiary/aromatic N) is 1. The fourth-order valence-electron chi connectivity index (χ4n) is 2.95. The number of hydrogen-bond acceptors (Lipinski definition) is 3. The van der Waals surface area contributed by atoms with Crippen LogP contribution in [0.4, 0.5) is 0 Å². The molecule has 1 N–H and O–H groups in total. The molecule has 3 amide bonds. The largest absolute Gasteiger partial charge is 0.352 e. The number of likely N-dealkylation sites (tertiary alicyclic amines) is 1. The number of hydrogen-bond donors (Lipinski definition) is 1. The maximum atomic E-state index is 12.2. The first-order valence-corrected chi connectivity index (χ1v) is 7.19. The molecule has 106 valence electrons. The van der Waals surface area contributed by atoms with E-state index >= 15 is 0 Å². The van der Waals surface area contributed by atoms with Gasteiger partial charge in [0.15, 0.2) is 0 Å². The van der Waals surface area contributed by atoms with E-state index in [9.17, 15) is 14.4 Å². The maximum Gasteiger partial charge on any atom is 0.240 e. The molecule has 2 fully saturated rings. The zero-order valence-corrected chi connectivity index (χ0v) is 11.6. The molecule has 5 heteroatoms. The summed E-state index contributed by atoms with van der Waals surface area (Å²) in [5.41, 5.74) is 0. The second-order valence-electron chi connectivity index (χ2n) is 5.64. The van der Waals surface area contributed by atoms with Gasteiger partial charge in [0.2, 0.25) is 17.7 Å². The van der Waals surface area contributed by atoms with E-state index < -0.39 is 0 Å². The first-order valence-electron chi connectivity index (χ1n) is 7.19. The van der Waals surface area contributed by atoms with Crippen LogP contribution in [0.15, 0.2) is 0 Å². The third-order valence-electron chi connectivity index (χ3n) is 4.25. The van der Waals surface area contributed by atoms with E-state index in [1.807, 2.05) is 13.8 Å². The topological polar surface area (TPSA) is 66.5 Å². The Kier molecular flexibility index (Phi) is 4.22. The molecule has 0 radical (unpaired) electrons. The Balaban J connectivity index is 1.98. The minimum atomic E-state index is -0.241. The van der Waals surface area contributed by atoms with E-state index in [1.54, 1.807) is 0 Å². The maximum absolute atomic E-state index is 12.2. The highest BCUT2D eigenvalue weighted by Crippen LogP contribution is 2.37. The van der Waals surface area contributed by atoms with Crippen molar-refractivity contribution >= 4 is 17.7 Å². The van der Waals surface area contributed by atoms with Crippen LogP contribution in [-0.2, 0) is 14.4 Å². The van der Waals surface area contributed by atoms with Gasteiger partial charge in [0, 0.05) is 6.04 Å². The number of imide groups is 1. The normalized spacial score (nSPS) is 28.2. The SMILES string of the molecule is CC[C@@H](C)NC(=O)CN1C(=O)[C@H]2CCCC[C@H]2C1=O. The second-order valence-corrected chi connectivity index (χ2v) is 5.64. The summed E-state index contributed by atoms with van der Waals surface area (Å²) in [6.07, 6.45) is 4.43. The minimum absolute atomic E-state index is 0.0718. The van der Waals surface area contributed by atoms with Crippen molar-refractivity contribution < 1.29 is 14.4 Å². The van der Waals surface area contributed by atoms with Gasteiger partial charge in [0.25, 0.3) is 0 Å². The van der Waals surface area contributed by atoms with Gasteiger partial charge in [0.1, 0.15) is 6.54 Å². The van der Waals surface area contributed by atoms with Gasteiger partial charge >= 0.3 is 0 Å². The molecule has 2 rings (SSSR count). The van der Waals surface area contributed by atoms with Crippen molar-refractivity contribution in [3.05, 3.63) is 0 Å². The van der Waals surface area contributed by atoms with Gasteiger partial charge in [-0.05, 0) is 26.2 Å². The predicted octanol–water partition coefficient (Wildman–Crippen LogP) is 1.08. The lowest BCUT2D eigenvalue weighted by atomic mass is 9.81. The van der Waals surface area contributed by atoms with Gasteiger partial charge < -0.3 is 5.32 Å². The number of carbonyl (C=O) groups is 3. The molecule has 2 aliphatic rings. The molecule has 1 heterocycles. The van der Waals surface area contributed by atoms with Gasteiger partial charge in [-0.3, -0.25) is 19.3 Å². The Morgan fingerprint density at radius 2 is 1.79 bits per heavy atom. The molecule has 1 saturated carbocycles. The quantitative estimate of drug-likeness (QED) is 0.774. The molecule has 5 nitrogen and oxygen atoms in total. The summed E-state index contributed by atoms with van der Waals surface area (Å²) < 4.78 is 0. The van der Waals surface area contributed by atoms with Crippen molar-refractivity contribution in [1.29, 1.82) is 0 Å². The average molecular weight is 266 g/mol. The predicted molar refractivity (Wildman–Crippen MR) is 70.1 cm³/mol. The van der Waals surface area contributed by atoms with Crippen molar-refractivity contribution in [2.24, 2.45) is 11.8 Å². The highest BCUT2D eigenvalue weighted by atomic mass is 16.2. The van der Waals surface area contributed by atoms with Gasteiger partial charge in [0.05, 0.1) is 11.8 Å². The van der Waals surface area contributed by atoms with Crippen molar-refractivity contribution in [2.75, 3.05) is 6.54 Å². The fourth-order valence-corrected chi connectivity index (χ4v) is 2.95. The summed E-state index contributed by atoms with van der Waals surface area (Å²) in [6, 6.07) is 0.0718. The molecule has 1 aliphatic heterocycles.